The fraction of sp³-hybridized carbons (Fsp3) is 0.286. The van der Waals surface area contributed by atoms with E-state index in [2.05, 4.69) is 21.2 Å². The Bertz CT molecular complexity index is 1300. The smallest absolute Gasteiger partial charge is 0.271 e. The number of benzene rings is 2. The van der Waals surface area contributed by atoms with E-state index in [1.54, 1.807) is 61.7 Å². The van der Waals surface area contributed by atoms with Crippen LogP contribution in [0.1, 0.15) is 40.0 Å². The van der Waals surface area contributed by atoms with Gasteiger partial charge in [0.1, 0.15) is 18.5 Å². The van der Waals surface area contributed by atoms with E-state index in [1.807, 2.05) is 25.9 Å². The van der Waals surface area contributed by atoms with E-state index in [4.69, 9.17) is 20.6 Å². The molecule has 11 nitrogen and oxygen atoms in total. The van der Waals surface area contributed by atoms with Crippen LogP contribution in [0, 0.1) is 12.3 Å². The number of pyridine rings is 1. The Balaban J connectivity index is 1.87. The third-order valence-corrected chi connectivity index (χ3v) is 5.75. The number of amidine groups is 1. The molecule has 2 amide bonds. The molecular weight excluding hydrogens is 498 g/mol. The Morgan fingerprint density at radius 3 is 2.44 bits per heavy atom. The van der Waals surface area contributed by atoms with Crippen LogP contribution in [0.4, 0.5) is 5.69 Å². The molecular formula is C28H35N7O4. The lowest BCUT2D eigenvalue weighted by Crippen LogP contribution is -2.45. The molecule has 1 heterocycles. The van der Waals surface area contributed by atoms with E-state index in [-0.39, 0.29) is 5.84 Å². The van der Waals surface area contributed by atoms with Gasteiger partial charge < -0.3 is 25.4 Å². The number of nitrogens with zero attached hydrogens (tertiary/aromatic N) is 2. The zero-order valence-electron chi connectivity index (χ0n) is 22.6. The number of nitrogen functional groups attached to an aromatic ring is 1. The molecule has 2 aromatic carbocycles. The third-order valence-electron chi connectivity index (χ3n) is 5.75. The summed E-state index contributed by atoms with van der Waals surface area (Å²) in [7, 11) is 3.92. The molecule has 0 fully saturated rings. The van der Waals surface area contributed by atoms with E-state index >= 15 is 0 Å². The molecule has 11 heteroatoms. The van der Waals surface area contributed by atoms with Crippen molar-refractivity contribution in [3.8, 4) is 11.5 Å². The van der Waals surface area contributed by atoms with Gasteiger partial charge in [-0.3, -0.25) is 30.8 Å². The first-order valence-corrected chi connectivity index (χ1v) is 12.5. The van der Waals surface area contributed by atoms with E-state index in [1.165, 1.54) is 6.20 Å². The van der Waals surface area contributed by atoms with Gasteiger partial charge in [-0.25, -0.2) is 0 Å². The highest BCUT2D eigenvalue weighted by molar-refractivity contribution is 5.97. The molecule has 1 unspecified atom stereocenters. The zero-order valence-corrected chi connectivity index (χ0v) is 22.6. The van der Waals surface area contributed by atoms with Gasteiger partial charge in [0.25, 0.3) is 11.8 Å². The summed E-state index contributed by atoms with van der Waals surface area (Å²) in [4.78, 5) is 32.1. The molecule has 1 aromatic heterocycles. The SMILES string of the molecule is CCOc1cc(C(Nc2ccc(C(=N)N)cc2)C(=O)NNC(=O)c2cnccc2C)ccc1OCCN(C)C. The predicted molar refractivity (Wildman–Crippen MR) is 150 cm³/mol. The number of likely N-dealkylation sites (N-methyl/N-ethyl adjacent to an activating group) is 1. The van der Waals surface area contributed by atoms with Crippen LogP contribution in [0.25, 0.3) is 0 Å². The van der Waals surface area contributed by atoms with Crippen molar-refractivity contribution >= 4 is 23.3 Å². The molecule has 0 saturated heterocycles. The molecule has 1 atom stereocenters. The molecule has 39 heavy (non-hydrogen) atoms. The van der Waals surface area contributed by atoms with Crippen LogP contribution in [0.3, 0.4) is 0 Å². The number of nitrogens with one attached hydrogen (secondary N) is 4. The van der Waals surface area contributed by atoms with Crippen molar-refractivity contribution in [2.75, 3.05) is 39.2 Å². The summed E-state index contributed by atoms with van der Waals surface area (Å²) in [5, 5.41) is 10.8. The first-order chi connectivity index (χ1) is 18.7. The largest absolute Gasteiger partial charge is 0.490 e. The Morgan fingerprint density at radius 2 is 1.79 bits per heavy atom. The molecule has 3 aromatic rings. The number of hydrazine groups is 1. The maximum atomic E-state index is 13.4. The van der Waals surface area contributed by atoms with Gasteiger partial charge >= 0.3 is 0 Å². The van der Waals surface area contributed by atoms with Crippen molar-refractivity contribution in [1.29, 1.82) is 5.41 Å². The normalized spacial score (nSPS) is 11.4. The maximum absolute atomic E-state index is 13.4. The van der Waals surface area contributed by atoms with Gasteiger partial charge in [0, 0.05) is 30.2 Å². The average molecular weight is 534 g/mol. The Morgan fingerprint density at radius 1 is 1.05 bits per heavy atom. The highest BCUT2D eigenvalue weighted by Gasteiger charge is 2.24. The van der Waals surface area contributed by atoms with Crippen LogP contribution in [0.15, 0.2) is 60.9 Å². The molecule has 3 rings (SSSR count). The number of aromatic nitrogens is 1. The molecule has 0 bridgehead atoms. The van der Waals surface area contributed by atoms with Crippen molar-refractivity contribution in [3.05, 3.63) is 83.2 Å². The van der Waals surface area contributed by atoms with Gasteiger partial charge in [-0.1, -0.05) is 6.07 Å². The molecule has 0 aliphatic carbocycles. The first kappa shape index (κ1) is 28.9. The summed E-state index contributed by atoms with van der Waals surface area (Å²) in [6.45, 7) is 5.25. The van der Waals surface area contributed by atoms with E-state index in [9.17, 15) is 9.59 Å². The standard InChI is InChI=1S/C28H35N7O4/c1-5-38-24-16-20(8-11-23(24)39-15-14-35(3)4)25(32-21-9-6-19(7-10-21)26(29)30)28(37)34-33-27(36)22-17-31-13-12-18(22)2/h6-13,16-17,25,32H,5,14-15H2,1-4H3,(H3,29,30)(H,33,36)(H,34,37). The summed E-state index contributed by atoms with van der Waals surface area (Å²) < 4.78 is 11.7. The maximum Gasteiger partial charge on any atom is 0.271 e. The van der Waals surface area contributed by atoms with Gasteiger partial charge in [-0.05, 0) is 81.5 Å². The summed E-state index contributed by atoms with van der Waals surface area (Å²) in [5.74, 6) is 0.000889. The third kappa shape index (κ3) is 8.17. The van der Waals surface area contributed by atoms with Gasteiger partial charge in [0.2, 0.25) is 0 Å². The Labute approximate surface area is 228 Å². The van der Waals surface area contributed by atoms with Crippen molar-refractivity contribution in [3.63, 3.8) is 0 Å². The van der Waals surface area contributed by atoms with Crippen molar-refractivity contribution in [2.45, 2.75) is 19.9 Å². The molecule has 0 saturated carbocycles. The number of ether oxygens (including phenoxy) is 2. The van der Waals surface area contributed by atoms with Gasteiger partial charge in [0.05, 0.1) is 12.2 Å². The van der Waals surface area contributed by atoms with Gasteiger partial charge in [-0.15, -0.1) is 0 Å². The Hall–Kier alpha value is -4.64. The van der Waals surface area contributed by atoms with Crippen LogP contribution in [0.5, 0.6) is 11.5 Å². The monoisotopic (exact) mass is 533 g/mol. The minimum atomic E-state index is -0.918. The van der Waals surface area contributed by atoms with Crippen LogP contribution in [-0.4, -0.2) is 61.4 Å². The van der Waals surface area contributed by atoms with Gasteiger partial charge in [0.15, 0.2) is 11.5 Å². The molecule has 206 valence electrons. The van der Waals surface area contributed by atoms with Crippen molar-refractivity contribution in [2.24, 2.45) is 5.73 Å². The number of carbonyl (C=O) groups is 2. The molecule has 0 spiro atoms. The highest BCUT2D eigenvalue weighted by atomic mass is 16.5. The minimum Gasteiger partial charge on any atom is -0.490 e. The summed E-state index contributed by atoms with van der Waals surface area (Å²) in [5.41, 5.74) is 13.4. The summed E-state index contributed by atoms with van der Waals surface area (Å²) in [6.07, 6.45) is 3.03. The number of aryl methyl sites for hydroxylation is 1. The highest BCUT2D eigenvalue weighted by Crippen LogP contribution is 2.32. The first-order valence-electron chi connectivity index (χ1n) is 12.5. The van der Waals surface area contributed by atoms with E-state index in [0.29, 0.717) is 47.1 Å². The fourth-order valence-electron chi connectivity index (χ4n) is 3.60. The van der Waals surface area contributed by atoms with E-state index < -0.39 is 17.9 Å². The molecule has 6 N–H and O–H groups in total. The lowest BCUT2D eigenvalue weighted by atomic mass is 10.0. The molecule has 0 radical (unpaired) electrons. The number of anilines is 1. The van der Waals surface area contributed by atoms with Gasteiger partial charge in [-0.2, -0.15) is 0 Å². The summed E-state index contributed by atoms with van der Waals surface area (Å²) in [6, 6.07) is 12.9. The van der Waals surface area contributed by atoms with Crippen LogP contribution >= 0.6 is 0 Å². The quantitative estimate of drug-likeness (QED) is 0.135. The number of nitrogens with two attached hydrogens (primary N) is 1. The number of hydrogen-bond donors (Lipinski definition) is 5. The number of rotatable bonds is 12. The number of amides is 2. The zero-order chi connectivity index (χ0) is 28.4. The topological polar surface area (TPSA) is 155 Å². The fourth-order valence-corrected chi connectivity index (χ4v) is 3.60. The van der Waals surface area contributed by atoms with Crippen LogP contribution < -0.4 is 31.4 Å². The second-order valence-corrected chi connectivity index (χ2v) is 8.99. The molecule has 0 aliphatic rings. The lowest BCUT2D eigenvalue weighted by molar-refractivity contribution is -0.122. The predicted octanol–water partition coefficient (Wildman–Crippen LogP) is 2.63. The lowest BCUT2D eigenvalue weighted by Gasteiger charge is -2.22. The number of carbonyl (C=O) groups excluding carboxylic acids is 2. The number of hydrogen-bond acceptors (Lipinski definition) is 8. The van der Waals surface area contributed by atoms with Crippen molar-refractivity contribution < 1.29 is 19.1 Å². The Kier molecular flexibility index (Phi) is 10.2. The second-order valence-electron chi connectivity index (χ2n) is 8.99. The van der Waals surface area contributed by atoms with Crippen molar-refractivity contribution in [1.82, 2.24) is 20.7 Å². The van der Waals surface area contributed by atoms with Crippen LogP contribution in [-0.2, 0) is 4.79 Å². The summed E-state index contributed by atoms with van der Waals surface area (Å²) >= 11 is 0. The van der Waals surface area contributed by atoms with E-state index in [0.717, 1.165) is 12.1 Å². The minimum absolute atomic E-state index is 0.0598. The van der Waals surface area contributed by atoms with Crippen LogP contribution in [0.2, 0.25) is 0 Å². The average Bonchev–Trinajstić information content (AvgIpc) is 2.91. The molecule has 0 aliphatic heterocycles. The second kappa shape index (κ2) is 13.8.